The third-order valence-electron chi connectivity index (χ3n) is 16.5. The van der Waals surface area contributed by atoms with E-state index in [2.05, 4.69) is 49.6 Å². The molecular formula is C75H109BrClN15O15. The second-order valence-corrected chi connectivity index (χ2v) is 31.6. The molecule has 0 spiro atoms. The Morgan fingerprint density at radius 3 is 1.28 bits per heavy atom. The molecule has 3 fully saturated rings. The number of aromatic nitrogens is 5. The number of rotatable bonds is 6. The second-order valence-electron chi connectivity index (χ2n) is 30.2. The number of ether oxygens (including phenoxy) is 4. The summed E-state index contributed by atoms with van der Waals surface area (Å²) in [5.74, 6) is -0.602. The normalized spacial score (nSPS) is 16.0. The Labute approximate surface area is 638 Å². The van der Waals surface area contributed by atoms with Crippen molar-refractivity contribution in [3.05, 3.63) is 159 Å². The molecule has 0 saturated carbocycles. The second kappa shape index (κ2) is 39.8. The fourth-order valence-electron chi connectivity index (χ4n) is 11.3. The molecule has 5 aliphatic heterocycles. The van der Waals surface area contributed by atoms with Gasteiger partial charge in [0.15, 0.2) is 0 Å². The lowest BCUT2D eigenvalue weighted by molar-refractivity contribution is -0.115. The number of halogens is 2. The maximum absolute atomic E-state index is 12.5. The number of nitrogens with two attached hydrogens (primary N) is 3. The summed E-state index contributed by atoms with van der Waals surface area (Å²) >= 11 is 9.53. The molecule has 0 aliphatic carbocycles. The van der Waals surface area contributed by atoms with Crippen LogP contribution in [0.1, 0.15) is 166 Å². The molecule has 0 unspecified atom stereocenters. The molecule has 10 rings (SSSR count). The number of H-pyrrole nitrogens is 1. The average molecular weight is 1580 g/mol. The molecule has 5 aromatic rings. The van der Waals surface area contributed by atoms with Crippen molar-refractivity contribution in [1.82, 2.24) is 47.8 Å². The van der Waals surface area contributed by atoms with E-state index in [0.717, 1.165) is 25.1 Å². The van der Waals surface area contributed by atoms with E-state index in [1.165, 1.54) is 41.9 Å². The van der Waals surface area contributed by atoms with Gasteiger partial charge in [-0.3, -0.25) is 38.1 Å². The Kier molecular flexibility index (Phi) is 32.8. The summed E-state index contributed by atoms with van der Waals surface area (Å²) in [6.07, 6.45) is 16.8. The number of anilines is 5. The number of carbonyl (C=O) groups excluding carboxylic acids is 6. The number of hydrogen-bond acceptors (Lipinski definition) is 19. The number of aromatic amines is 1. The van der Waals surface area contributed by atoms with Gasteiger partial charge in [-0.1, -0.05) is 33.6 Å². The van der Waals surface area contributed by atoms with E-state index in [4.69, 9.17) is 47.7 Å². The van der Waals surface area contributed by atoms with E-state index < -0.39 is 22.4 Å². The van der Waals surface area contributed by atoms with Crippen LogP contribution in [-0.2, 0) is 28.5 Å². The first-order valence-electron chi connectivity index (χ1n) is 35.6. The van der Waals surface area contributed by atoms with Crippen molar-refractivity contribution in [2.45, 2.75) is 189 Å². The number of piperidine rings is 3. The number of nitrogen functional groups attached to an aromatic ring is 3. The maximum atomic E-state index is 12.5. The van der Waals surface area contributed by atoms with Gasteiger partial charge >= 0.3 is 24.4 Å². The Balaban J connectivity index is 0.000000239. The van der Waals surface area contributed by atoms with Crippen LogP contribution < -0.4 is 55.6 Å². The van der Waals surface area contributed by atoms with Crippen molar-refractivity contribution in [3.8, 4) is 0 Å². The van der Waals surface area contributed by atoms with Crippen LogP contribution in [0, 0.1) is 0 Å². The highest BCUT2D eigenvalue weighted by molar-refractivity contribution is 9.11. The first kappa shape index (κ1) is 88.0. The average Bonchev–Trinajstić information content (AvgIpc) is 0.809. The first-order valence-corrected chi connectivity index (χ1v) is 36.7. The zero-order chi connectivity index (χ0) is 79.9. The summed E-state index contributed by atoms with van der Waals surface area (Å²) in [7, 11) is 2.13. The standard InChI is InChI=1S/C17H24ClN3O4.C17H25N3O4.C15H23N3O3.C15H21N3O3.C6H10BrN.C5H6N2O/c1-11(22)19-14-9-12(18)10-21(15(14)23)13-5-7-20(8-6-13)16(24)25-17(2,3)4;1-12(21)18-14-6-5-9-20(15(14)22)13-7-10-19(11-8-13)16(23)24-17(2,3)4;2*1-15(2,3)21-14(20)17-9-6-11(7-10-17)18-8-4-5-12(16)13(18)19;1-8-4-2-6(7)3-5-8;6-4-2-1-3-7-5(4)8/h9-10,13H,5-8H2,1-4H3,(H,19,22);5-6,9,13H,7-8,10-11H2,1-4H3,(H,18,21);4-5,8,11H,6-7,9-10,16H2,1-3H3;4-6,8H,7,9-10,16H2,1-3H3;2H,3-5H2,1H3;1-3H,6H2,(H,7,8). The summed E-state index contributed by atoms with van der Waals surface area (Å²) in [5, 5.41) is 5.43. The zero-order valence-corrected chi connectivity index (χ0v) is 66.7. The molecule has 9 N–H and O–H groups in total. The van der Waals surface area contributed by atoms with Crippen LogP contribution >= 0.6 is 27.5 Å². The van der Waals surface area contributed by atoms with E-state index in [1.54, 1.807) is 113 Å². The van der Waals surface area contributed by atoms with Crippen LogP contribution in [0.3, 0.4) is 0 Å². The first-order chi connectivity index (χ1) is 49.9. The lowest BCUT2D eigenvalue weighted by Gasteiger charge is -2.34. The van der Waals surface area contributed by atoms with Gasteiger partial charge in [0.05, 0.1) is 22.1 Å². The van der Waals surface area contributed by atoms with Crippen molar-refractivity contribution in [2.75, 3.05) is 100 Å². The summed E-state index contributed by atoms with van der Waals surface area (Å²) in [4.78, 5) is 141. The molecular weight excluding hydrogens is 1470 g/mol. The smallest absolute Gasteiger partial charge is 0.410 e. The minimum absolute atomic E-state index is 0.00453. The molecule has 588 valence electrons. The highest BCUT2D eigenvalue weighted by atomic mass is 79.9. The number of likely N-dealkylation sites (N-methyl/N-ethyl adjacent to an activating group) is 1. The van der Waals surface area contributed by atoms with Crippen molar-refractivity contribution in [3.63, 3.8) is 0 Å². The van der Waals surface area contributed by atoms with Crippen LogP contribution in [0.25, 0.3) is 5.70 Å². The van der Waals surface area contributed by atoms with Crippen molar-refractivity contribution >= 4 is 97.9 Å². The van der Waals surface area contributed by atoms with Crippen molar-refractivity contribution in [1.29, 1.82) is 0 Å². The monoisotopic (exact) mass is 1570 g/mol. The Morgan fingerprint density at radius 1 is 0.486 bits per heavy atom. The van der Waals surface area contributed by atoms with E-state index in [0.29, 0.717) is 89.5 Å². The highest BCUT2D eigenvalue weighted by Crippen LogP contribution is 2.28. The fourth-order valence-corrected chi connectivity index (χ4v) is 11.8. The molecule has 10 heterocycles. The van der Waals surface area contributed by atoms with Gasteiger partial charge in [0.2, 0.25) is 11.8 Å². The van der Waals surface area contributed by atoms with E-state index in [9.17, 15) is 52.7 Å². The summed E-state index contributed by atoms with van der Waals surface area (Å²) < 4.78 is 29.2. The maximum Gasteiger partial charge on any atom is 0.410 e. The van der Waals surface area contributed by atoms with Crippen LogP contribution in [-0.4, -0.2) is 179 Å². The van der Waals surface area contributed by atoms with Gasteiger partial charge in [0.25, 0.3) is 27.8 Å². The number of nitrogens with one attached hydrogen (secondary N) is 3. The molecule has 0 bridgehead atoms. The fraction of sp³-hybridized carbons (Fsp3) is 0.533. The minimum atomic E-state index is -0.537. The van der Waals surface area contributed by atoms with E-state index in [-0.39, 0.29) is 111 Å². The topological polar surface area (TPSA) is 379 Å². The van der Waals surface area contributed by atoms with Crippen molar-refractivity contribution in [2.24, 2.45) is 0 Å². The van der Waals surface area contributed by atoms with Gasteiger partial charge in [0.1, 0.15) is 33.8 Å². The number of carbonyl (C=O) groups is 6. The zero-order valence-electron chi connectivity index (χ0n) is 64.3. The van der Waals surface area contributed by atoms with Crippen LogP contribution in [0.15, 0.2) is 126 Å². The number of amides is 6. The Morgan fingerprint density at radius 2 is 0.888 bits per heavy atom. The molecule has 30 nitrogen and oxygen atoms in total. The lowest BCUT2D eigenvalue weighted by atomic mass is 10.0. The molecule has 107 heavy (non-hydrogen) atoms. The van der Waals surface area contributed by atoms with Crippen molar-refractivity contribution < 1.29 is 47.7 Å². The number of likely N-dealkylation sites (tertiary alicyclic amines) is 3. The largest absolute Gasteiger partial charge is 0.444 e. The van der Waals surface area contributed by atoms with Crippen LogP contribution in [0.5, 0.6) is 0 Å². The minimum Gasteiger partial charge on any atom is -0.444 e. The molecule has 32 heteroatoms. The molecule has 0 atom stereocenters. The summed E-state index contributed by atoms with van der Waals surface area (Å²) in [5.41, 5.74) is 15.3. The highest BCUT2D eigenvalue weighted by Gasteiger charge is 2.32. The summed E-state index contributed by atoms with van der Waals surface area (Å²) in [6.45, 7) is 31.2. The number of hydrogen-bond donors (Lipinski definition) is 6. The molecule has 0 radical (unpaired) electrons. The molecule has 5 aromatic heterocycles. The number of nitrogens with zero attached hydrogens (tertiary/aromatic N) is 9. The van der Waals surface area contributed by atoms with Gasteiger partial charge < -0.3 is 90.0 Å². The summed E-state index contributed by atoms with van der Waals surface area (Å²) in [6, 6.07) is 14.7. The SMILES string of the molecule is CC(=O)Nc1cc(Cl)cn(C2CCN(C(=O)OC(C)(C)C)CC2)c1=O.CC(=O)Nc1cccn(C2CCN(C(=O)OC(C)(C)C)CC2)c1=O.CC(C)(C)OC(=O)N1CC=C(n2cccc(N)c2=O)CC1.CC(C)(C)OC(=O)N1CCC(n2cccc(N)c2=O)CC1.CN1CC=C(Br)CC1.Nc1ccc[nH]c1=O. The van der Waals surface area contributed by atoms with Gasteiger partial charge in [-0.2, -0.15) is 0 Å². The number of pyridine rings is 5. The molecule has 3 saturated heterocycles. The van der Waals surface area contributed by atoms with Crippen LogP contribution in [0.2, 0.25) is 5.02 Å². The van der Waals surface area contributed by atoms with Gasteiger partial charge in [-0.15, -0.1) is 0 Å². The third kappa shape index (κ3) is 29.9. The van der Waals surface area contributed by atoms with Gasteiger partial charge in [-0.25, -0.2) is 19.2 Å². The Hall–Kier alpha value is -9.62. The predicted octanol–water partition coefficient (Wildman–Crippen LogP) is 10.9. The molecule has 5 aliphatic rings. The lowest BCUT2D eigenvalue weighted by Crippen LogP contribution is -2.43. The van der Waals surface area contributed by atoms with E-state index >= 15 is 0 Å². The van der Waals surface area contributed by atoms with Crippen LogP contribution in [0.4, 0.5) is 47.6 Å². The predicted molar refractivity (Wildman–Crippen MR) is 421 cm³/mol. The molecule has 6 amide bonds. The third-order valence-corrected chi connectivity index (χ3v) is 17.4. The van der Waals surface area contributed by atoms with Gasteiger partial charge in [0, 0.05) is 141 Å². The Bertz CT molecular complexity index is 4230. The quantitative estimate of drug-likeness (QED) is 0.0860. The van der Waals surface area contributed by atoms with Gasteiger partial charge in [-0.05, 0) is 200 Å². The van der Waals surface area contributed by atoms with E-state index in [1.807, 2.05) is 89.2 Å². The molecule has 0 aromatic carbocycles.